The first-order valence-electron chi connectivity index (χ1n) is 6.82. The monoisotopic (exact) mass is 316 g/mol. The van der Waals surface area contributed by atoms with Crippen LogP contribution in [0.5, 0.6) is 0 Å². The van der Waals surface area contributed by atoms with Crippen molar-refractivity contribution < 1.29 is 24.5 Å². The molecule has 7 N–H and O–H groups in total. The van der Waals surface area contributed by atoms with E-state index in [1.54, 1.807) is 13.0 Å². The van der Waals surface area contributed by atoms with Gasteiger partial charge in [-0.05, 0) is 13.0 Å². The molecule has 1 rings (SSSR count). The number of hydrogen-bond acceptors (Lipinski definition) is 6. The van der Waals surface area contributed by atoms with Gasteiger partial charge in [0, 0.05) is 14.0 Å². The molecule has 1 amide bonds. The number of ether oxygens (including phenoxy) is 2. The second kappa shape index (κ2) is 7.97. The molecule has 1 aliphatic rings. The Morgan fingerprint density at radius 2 is 2.23 bits per heavy atom. The van der Waals surface area contributed by atoms with Crippen molar-refractivity contribution in [2.75, 3.05) is 13.7 Å². The first-order valence-corrected chi connectivity index (χ1v) is 6.82. The van der Waals surface area contributed by atoms with Crippen molar-refractivity contribution in [1.82, 2.24) is 5.32 Å². The minimum atomic E-state index is -1.18. The van der Waals surface area contributed by atoms with Gasteiger partial charge in [-0.1, -0.05) is 0 Å². The van der Waals surface area contributed by atoms with Gasteiger partial charge in [0.1, 0.15) is 18.3 Å². The standard InChI is InChI=1S/C13H24N4O5/c1-6-4-8(17-13(14)15)10(16-7(2)19)12(22-6)11(21-3)9(20)5-18/h4,8-12,18,20H,5H2,1-3H3,(H,16,19)(H4,14,15,17)/t8-,9+,10+,11+,12+/m0/s1. The highest BCUT2D eigenvalue weighted by molar-refractivity contribution is 5.76. The molecule has 126 valence electrons. The van der Waals surface area contributed by atoms with Crippen LogP contribution in [0.3, 0.4) is 0 Å². The molecule has 9 nitrogen and oxygen atoms in total. The lowest BCUT2D eigenvalue weighted by Crippen LogP contribution is -2.59. The molecule has 5 atom stereocenters. The van der Waals surface area contributed by atoms with Crippen LogP contribution in [-0.2, 0) is 14.3 Å². The average Bonchev–Trinajstić information content (AvgIpc) is 2.41. The fourth-order valence-corrected chi connectivity index (χ4v) is 2.44. The Bertz CT molecular complexity index is 450. The lowest BCUT2D eigenvalue weighted by molar-refractivity contribution is -0.131. The Morgan fingerprint density at radius 1 is 1.59 bits per heavy atom. The maximum absolute atomic E-state index is 11.5. The van der Waals surface area contributed by atoms with Gasteiger partial charge in [-0.15, -0.1) is 0 Å². The Hall–Kier alpha value is -1.84. The van der Waals surface area contributed by atoms with E-state index in [2.05, 4.69) is 10.3 Å². The van der Waals surface area contributed by atoms with Crippen molar-refractivity contribution in [3.63, 3.8) is 0 Å². The predicted molar refractivity (Wildman–Crippen MR) is 79.7 cm³/mol. The first kappa shape index (κ1) is 18.2. The van der Waals surface area contributed by atoms with Crippen molar-refractivity contribution in [2.45, 2.75) is 44.2 Å². The van der Waals surface area contributed by atoms with E-state index in [9.17, 15) is 9.90 Å². The number of nitrogens with one attached hydrogen (secondary N) is 1. The maximum atomic E-state index is 11.5. The number of amides is 1. The number of nitrogens with two attached hydrogens (primary N) is 2. The van der Waals surface area contributed by atoms with Gasteiger partial charge in [0.2, 0.25) is 5.91 Å². The summed E-state index contributed by atoms with van der Waals surface area (Å²) in [7, 11) is 1.38. The maximum Gasteiger partial charge on any atom is 0.217 e. The van der Waals surface area contributed by atoms with Gasteiger partial charge in [0.25, 0.3) is 0 Å². The highest BCUT2D eigenvalue weighted by Crippen LogP contribution is 2.25. The van der Waals surface area contributed by atoms with Gasteiger partial charge < -0.3 is 36.5 Å². The molecule has 1 aliphatic heterocycles. The summed E-state index contributed by atoms with van der Waals surface area (Å²) in [5.74, 6) is 0.0752. The van der Waals surface area contributed by atoms with Crippen LogP contribution >= 0.6 is 0 Å². The van der Waals surface area contributed by atoms with Crippen LogP contribution in [0.2, 0.25) is 0 Å². The van der Waals surface area contributed by atoms with E-state index in [0.29, 0.717) is 5.76 Å². The van der Waals surface area contributed by atoms with Crippen LogP contribution in [0, 0.1) is 0 Å². The summed E-state index contributed by atoms with van der Waals surface area (Å²) in [5.41, 5.74) is 10.9. The van der Waals surface area contributed by atoms with Crippen LogP contribution < -0.4 is 16.8 Å². The molecular weight excluding hydrogens is 292 g/mol. The average molecular weight is 316 g/mol. The number of nitrogens with zero attached hydrogens (tertiary/aromatic N) is 1. The number of rotatable bonds is 6. The number of aliphatic hydroxyl groups excluding tert-OH is 2. The third-order valence-electron chi connectivity index (χ3n) is 3.28. The van der Waals surface area contributed by atoms with Gasteiger partial charge in [0.15, 0.2) is 5.96 Å². The third kappa shape index (κ3) is 4.58. The predicted octanol–water partition coefficient (Wildman–Crippen LogP) is -2.20. The van der Waals surface area contributed by atoms with Gasteiger partial charge in [-0.2, -0.15) is 0 Å². The second-order valence-corrected chi connectivity index (χ2v) is 5.08. The largest absolute Gasteiger partial charge is 0.490 e. The molecule has 0 fully saturated rings. The third-order valence-corrected chi connectivity index (χ3v) is 3.28. The first-order chi connectivity index (χ1) is 10.3. The van der Waals surface area contributed by atoms with Crippen molar-refractivity contribution in [1.29, 1.82) is 0 Å². The molecule has 9 heteroatoms. The number of hydrogen-bond donors (Lipinski definition) is 5. The van der Waals surface area contributed by atoms with Gasteiger partial charge in [-0.25, -0.2) is 4.99 Å². The molecule has 0 saturated heterocycles. The van der Waals surface area contributed by atoms with Crippen molar-refractivity contribution >= 4 is 11.9 Å². The lowest BCUT2D eigenvalue weighted by atomic mass is 9.92. The molecule has 0 aromatic carbocycles. The number of allylic oxidation sites excluding steroid dienone is 1. The number of carbonyl (C=O) groups is 1. The van der Waals surface area contributed by atoms with Crippen LogP contribution in [-0.4, -0.2) is 66.2 Å². The molecule has 0 aromatic rings. The Morgan fingerprint density at radius 3 is 2.68 bits per heavy atom. The second-order valence-electron chi connectivity index (χ2n) is 5.08. The summed E-state index contributed by atoms with van der Waals surface area (Å²) in [6, 6.07) is -1.23. The summed E-state index contributed by atoms with van der Waals surface area (Å²) in [5, 5.41) is 21.8. The number of aliphatic imine (C=N–C) groups is 1. The molecule has 0 saturated carbocycles. The van der Waals surface area contributed by atoms with Crippen molar-refractivity contribution in [3.05, 3.63) is 11.8 Å². The highest BCUT2D eigenvalue weighted by Gasteiger charge is 2.42. The van der Waals surface area contributed by atoms with E-state index < -0.39 is 37.0 Å². The summed E-state index contributed by atoms with van der Waals surface area (Å²) in [4.78, 5) is 15.5. The summed E-state index contributed by atoms with van der Waals surface area (Å²) in [6.45, 7) is 2.53. The Balaban J connectivity index is 3.18. The van der Waals surface area contributed by atoms with Crippen LogP contribution in [0.25, 0.3) is 0 Å². The smallest absolute Gasteiger partial charge is 0.217 e. The van der Waals surface area contributed by atoms with Crippen molar-refractivity contribution in [2.24, 2.45) is 16.5 Å². The molecular formula is C13H24N4O5. The summed E-state index contributed by atoms with van der Waals surface area (Å²) < 4.78 is 10.9. The van der Waals surface area contributed by atoms with E-state index in [1.165, 1.54) is 14.0 Å². The summed E-state index contributed by atoms with van der Waals surface area (Å²) in [6.07, 6.45) is -1.16. The number of methoxy groups -OCH3 is 1. The van der Waals surface area contributed by atoms with Crippen LogP contribution in [0.1, 0.15) is 13.8 Å². The molecule has 1 heterocycles. The normalized spacial score (nSPS) is 27.1. The molecule has 0 aliphatic carbocycles. The Kier molecular flexibility index (Phi) is 6.60. The summed E-state index contributed by atoms with van der Waals surface area (Å²) >= 11 is 0. The van der Waals surface area contributed by atoms with E-state index >= 15 is 0 Å². The fourth-order valence-electron chi connectivity index (χ4n) is 2.44. The van der Waals surface area contributed by atoms with Crippen molar-refractivity contribution in [3.8, 4) is 0 Å². The lowest BCUT2D eigenvalue weighted by Gasteiger charge is -2.40. The zero-order valence-electron chi connectivity index (χ0n) is 12.9. The van der Waals surface area contributed by atoms with E-state index in [0.717, 1.165) is 0 Å². The molecule has 0 unspecified atom stereocenters. The minimum absolute atomic E-state index is 0.137. The highest BCUT2D eigenvalue weighted by atomic mass is 16.5. The van der Waals surface area contributed by atoms with Crippen LogP contribution in [0.15, 0.2) is 16.8 Å². The van der Waals surface area contributed by atoms with E-state index in [1.807, 2.05) is 0 Å². The van der Waals surface area contributed by atoms with E-state index in [4.69, 9.17) is 26.0 Å². The van der Waals surface area contributed by atoms with E-state index in [-0.39, 0.29) is 11.9 Å². The number of carbonyl (C=O) groups excluding carboxylic acids is 1. The van der Waals surface area contributed by atoms with Crippen LogP contribution in [0.4, 0.5) is 0 Å². The van der Waals surface area contributed by atoms with Gasteiger partial charge in [-0.3, -0.25) is 4.79 Å². The Labute approximate surface area is 129 Å². The molecule has 0 bridgehead atoms. The van der Waals surface area contributed by atoms with Gasteiger partial charge >= 0.3 is 0 Å². The molecule has 22 heavy (non-hydrogen) atoms. The quantitative estimate of drug-likeness (QED) is 0.275. The van der Waals surface area contributed by atoms with Gasteiger partial charge in [0.05, 0.1) is 24.4 Å². The topological polar surface area (TPSA) is 152 Å². The minimum Gasteiger partial charge on any atom is -0.490 e. The SMILES string of the molecule is CO[C@@H]([C@@H]1OC(C)=C[C@H](N=C(N)N)[C@H]1NC(C)=O)[C@H](O)CO. The molecule has 0 radical (unpaired) electrons. The number of aliphatic hydroxyl groups is 2. The molecule has 0 aromatic heterocycles. The molecule has 0 spiro atoms. The number of guanidine groups is 1. The zero-order valence-corrected chi connectivity index (χ0v) is 12.9. The zero-order chi connectivity index (χ0) is 16.9. The fraction of sp³-hybridized carbons (Fsp3) is 0.692.